The van der Waals surface area contributed by atoms with Crippen molar-refractivity contribution >= 4 is 16.1 Å². The summed E-state index contributed by atoms with van der Waals surface area (Å²) in [6, 6.07) is 4.64. The number of aryl methyl sites for hydroxylation is 1. The van der Waals surface area contributed by atoms with E-state index in [4.69, 9.17) is 19.4 Å². The summed E-state index contributed by atoms with van der Waals surface area (Å²) in [4.78, 5) is 36.7. The molecule has 180 valence electrons. The van der Waals surface area contributed by atoms with E-state index in [1.54, 1.807) is 11.9 Å². The van der Waals surface area contributed by atoms with Crippen LogP contribution in [0.25, 0.3) is 0 Å². The van der Waals surface area contributed by atoms with E-state index in [1.165, 1.54) is 31.2 Å². The van der Waals surface area contributed by atoms with Gasteiger partial charge in [-0.25, -0.2) is 4.79 Å². The number of H-pyrrole nitrogens is 1. The van der Waals surface area contributed by atoms with Crippen LogP contribution in [0.1, 0.15) is 18.7 Å². The fourth-order valence-corrected chi connectivity index (χ4v) is 4.17. The van der Waals surface area contributed by atoms with Gasteiger partial charge in [-0.1, -0.05) is 17.7 Å². The van der Waals surface area contributed by atoms with Crippen molar-refractivity contribution in [1.82, 2.24) is 9.55 Å². The summed E-state index contributed by atoms with van der Waals surface area (Å²) in [6.07, 6.45) is -6.07. The van der Waals surface area contributed by atoms with Crippen molar-refractivity contribution in [3.63, 3.8) is 0 Å². The zero-order chi connectivity index (χ0) is 24.5. The Labute approximate surface area is 186 Å². The number of nitrogens with two attached hydrogens (primary N) is 1. The number of aromatic nitrogens is 2. The lowest BCUT2D eigenvalue weighted by atomic mass is 10.1. The predicted octanol–water partition coefficient (Wildman–Crippen LogP) is -1.09. The van der Waals surface area contributed by atoms with Gasteiger partial charge in [-0.15, -0.1) is 0 Å². The number of hydrogen-bond donors (Lipinski definition) is 3. The van der Waals surface area contributed by atoms with Crippen LogP contribution in [0, 0.1) is 12.7 Å². The highest BCUT2D eigenvalue weighted by Gasteiger charge is 2.49. The van der Waals surface area contributed by atoms with E-state index in [0.717, 1.165) is 5.56 Å². The highest BCUT2D eigenvalue weighted by atomic mass is 32.2. The number of benzene rings is 1. The zero-order valence-corrected chi connectivity index (χ0v) is 18.3. The maximum atomic E-state index is 13.8. The molecule has 2 heterocycles. The van der Waals surface area contributed by atoms with Gasteiger partial charge in [0.15, 0.2) is 6.23 Å². The van der Waals surface area contributed by atoms with Crippen molar-refractivity contribution in [1.29, 1.82) is 0 Å². The van der Waals surface area contributed by atoms with Crippen LogP contribution in [0.2, 0.25) is 0 Å². The summed E-state index contributed by atoms with van der Waals surface area (Å²) in [7, 11) is -4.44. The Bertz CT molecular complexity index is 1240. The number of aliphatic hydroxyl groups is 1. The fourth-order valence-electron chi connectivity index (χ4n) is 3.05. The van der Waals surface area contributed by atoms with Gasteiger partial charge in [0.2, 0.25) is 5.82 Å². The lowest BCUT2D eigenvalue weighted by Crippen LogP contribution is -2.41. The normalized spacial score (nSPS) is 23.9. The minimum atomic E-state index is -4.44. The Balaban J connectivity index is 1.94. The Morgan fingerprint density at radius 2 is 1.97 bits per heavy atom. The SMILES string of the molecule is Cc1ccc(S(=O)(=O)O[C@H]2[C@@H](O)[C@H](n3cc(F)c(=O)[nH]c3=O)O[C@@H]2COC(=O)[C@H](C)N)cc1. The average Bonchev–Trinajstić information content (AvgIpc) is 3.04. The van der Waals surface area contributed by atoms with Gasteiger partial charge >= 0.3 is 11.7 Å². The maximum absolute atomic E-state index is 13.8. The van der Waals surface area contributed by atoms with Crippen LogP contribution in [-0.4, -0.2) is 60.0 Å². The molecule has 1 aromatic carbocycles. The molecular formula is C19H22FN3O9S. The van der Waals surface area contributed by atoms with Crippen molar-refractivity contribution in [2.45, 2.75) is 49.3 Å². The van der Waals surface area contributed by atoms with Crippen LogP contribution < -0.4 is 17.0 Å². The topological polar surface area (TPSA) is 180 Å². The molecule has 0 unspecified atom stereocenters. The van der Waals surface area contributed by atoms with E-state index in [-0.39, 0.29) is 4.90 Å². The molecule has 1 aromatic heterocycles. The Morgan fingerprint density at radius 1 is 1.33 bits per heavy atom. The number of carbonyl (C=O) groups is 1. The molecule has 0 amide bonds. The second-order valence-electron chi connectivity index (χ2n) is 7.45. The number of esters is 1. The van der Waals surface area contributed by atoms with Gasteiger partial charge in [-0.3, -0.25) is 23.3 Å². The first-order chi connectivity index (χ1) is 15.4. The van der Waals surface area contributed by atoms with Crippen LogP contribution in [0.4, 0.5) is 4.39 Å². The summed E-state index contributed by atoms with van der Waals surface area (Å²) < 4.78 is 55.4. The highest BCUT2D eigenvalue weighted by molar-refractivity contribution is 7.86. The molecule has 3 rings (SSSR count). The maximum Gasteiger partial charge on any atom is 0.330 e. The molecule has 1 aliphatic heterocycles. The first-order valence-corrected chi connectivity index (χ1v) is 11.1. The third-order valence-electron chi connectivity index (χ3n) is 4.82. The molecule has 0 saturated carbocycles. The largest absolute Gasteiger partial charge is 0.462 e. The minimum absolute atomic E-state index is 0.220. The lowest BCUT2D eigenvalue weighted by molar-refractivity contribution is -0.150. The first kappa shape index (κ1) is 24.7. The molecule has 1 aliphatic rings. The van der Waals surface area contributed by atoms with Crippen LogP contribution in [0.5, 0.6) is 0 Å². The van der Waals surface area contributed by atoms with E-state index in [9.17, 15) is 32.3 Å². The fraction of sp³-hybridized carbons (Fsp3) is 0.421. The molecule has 0 aliphatic carbocycles. The Kier molecular flexibility index (Phi) is 7.14. The summed E-state index contributed by atoms with van der Waals surface area (Å²) in [5.74, 6) is -2.19. The molecule has 0 bridgehead atoms. The monoisotopic (exact) mass is 487 g/mol. The average molecular weight is 487 g/mol. The van der Waals surface area contributed by atoms with Gasteiger partial charge < -0.3 is 20.3 Å². The van der Waals surface area contributed by atoms with Crippen molar-refractivity contribution in [2.24, 2.45) is 5.73 Å². The van der Waals surface area contributed by atoms with Gasteiger partial charge in [-0.2, -0.15) is 12.8 Å². The van der Waals surface area contributed by atoms with Crippen molar-refractivity contribution in [2.75, 3.05) is 6.61 Å². The van der Waals surface area contributed by atoms with Gasteiger partial charge in [0.25, 0.3) is 15.7 Å². The van der Waals surface area contributed by atoms with Crippen molar-refractivity contribution in [3.8, 4) is 0 Å². The molecule has 0 radical (unpaired) electrons. The number of ether oxygens (including phenoxy) is 2. The van der Waals surface area contributed by atoms with E-state index >= 15 is 0 Å². The van der Waals surface area contributed by atoms with Crippen LogP contribution >= 0.6 is 0 Å². The molecule has 2 aromatic rings. The van der Waals surface area contributed by atoms with E-state index < -0.39 is 70.3 Å². The summed E-state index contributed by atoms with van der Waals surface area (Å²) in [5.41, 5.74) is 3.80. The Morgan fingerprint density at radius 3 is 2.58 bits per heavy atom. The number of aromatic amines is 1. The smallest absolute Gasteiger partial charge is 0.330 e. The molecule has 12 nitrogen and oxygen atoms in total. The van der Waals surface area contributed by atoms with Crippen molar-refractivity contribution in [3.05, 3.63) is 62.7 Å². The summed E-state index contributed by atoms with van der Waals surface area (Å²) in [6.45, 7) is 2.51. The van der Waals surface area contributed by atoms with Gasteiger partial charge in [-0.05, 0) is 26.0 Å². The van der Waals surface area contributed by atoms with Crippen LogP contribution in [-0.2, 0) is 28.6 Å². The number of halogens is 1. The highest BCUT2D eigenvalue weighted by Crippen LogP contribution is 2.33. The van der Waals surface area contributed by atoms with E-state index in [1.807, 2.05) is 0 Å². The molecule has 14 heteroatoms. The first-order valence-electron chi connectivity index (χ1n) is 9.67. The molecule has 5 atom stereocenters. The zero-order valence-electron chi connectivity index (χ0n) is 17.5. The van der Waals surface area contributed by atoms with Gasteiger partial charge in [0.1, 0.15) is 31.0 Å². The molecule has 4 N–H and O–H groups in total. The lowest BCUT2D eigenvalue weighted by Gasteiger charge is -2.20. The van der Waals surface area contributed by atoms with Gasteiger partial charge in [0, 0.05) is 0 Å². The molecule has 1 saturated heterocycles. The summed E-state index contributed by atoms with van der Waals surface area (Å²) >= 11 is 0. The van der Waals surface area contributed by atoms with E-state index in [0.29, 0.717) is 10.8 Å². The molecule has 33 heavy (non-hydrogen) atoms. The number of aliphatic hydroxyl groups excluding tert-OH is 1. The summed E-state index contributed by atoms with van der Waals surface area (Å²) in [5, 5.41) is 10.7. The van der Waals surface area contributed by atoms with Crippen molar-refractivity contribution < 1.29 is 36.4 Å². The Hall–Kier alpha value is -2.91. The number of carbonyl (C=O) groups excluding carboxylic acids is 1. The standard InChI is InChI=1S/C19H22FN3O9S/c1-9-3-5-11(6-4-9)33(28,29)32-15-13(8-30-18(26)10(2)21)31-17(14(15)24)23-7-12(20)16(25)22-19(23)27/h3-7,10,13-15,17,24H,8,21H2,1-2H3,(H,22,25,27)/t10-,13+,14+,15+,17+/m0/s1. The second kappa shape index (κ2) is 9.52. The molecular weight excluding hydrogens is 465 g/mol. The predicted molar refractivity (Wildman–Crippen MR) is 109 cm³/mol. The number of hydrogen-bond acceptors (Lipinski definition) is 10. The van der Waals surface area contributed by atoms with Crippen LogP contribution in [0.15, 0.2) is 44.9 Å². The quantitative estimate of drug-likeness (QED) is 0.321. The van der Waals surface area contributed by atoms with Crippen LogP contribution in [0.3, 0.4) is 0 Å². The second-order valence-corrected chi connectivity index (χ2v) is 9.02. The van der Waals surface area contributed by atoms with E-state index in [2.05, 4.69) is 0 Å². The molecule has 1 fully saturated rings. The number of nitrogens with one attached hydrogen (secondary N) is 1. The molecule has 0 spiro atoms. The third kappa shape index (κ3) is 5.36. The minimum Gasteiger partial charge on any atom is -0.462 e. The number of nitrogens with zero attached hydrogens (tertiary/aromatic N) is 1. The van der Waals surface area contributed by atoms with Gasteiger partial charge in [0.05, 0.1) is 11.1 Å². The number of rotatable bonds is 7. The third-order valence-corrected chi connectivity index (χ3v) is 6.14.